The average Bonchev–Trinajstić information content (AvgIpc) is 3.57. The van der Waals surface area contributed by atoms with E-state index < -0.39 is 35.9 Å². The summed E-state index contributed by atoms with van der Waals surface area (Å²) >= 11 is 0. The predicted molar refractivity (Wildman–Crippen MR) is 136 cm³/mol. The fraction of sp³-hybridized carbons (Fsp3) is 0.481. The summed E-state index contributed by atoms with van der Waals surface area (Å²) in [6, 6.07) is 1.90. The second-order valence-corrected chi connectivity index (χ2v) is 10.3. The van der Waals surface area contributed by atoms with Crippen molar-refractivity contribution < 1.29 is 36.6 Å². The van der Waals surface area contributed by atoms with Crippen molar-refractivity contribution in [3.05, 3.63) is 41.3 Å². The lowest BCUT2D eigenvalue weighted by Crippen LogP contribution is -2.40. The maximum absolute atomic E-state index is 14.8. The number of halogens is 4. The van der Waals surface area contributed by atoms with Crippen LogP contribution in [-0.4, -0.2) is 65.3 Å². The Balaban J connectivity index is 1.44. The Kier molecular flexibility index (Phi) is 7.67. The van der Waals surface area contributed by atoms with E-state index in [-0.39, 0.29) is 59.0 Å². The van der Waals surface area contributed by atoms with Crippen molar-refractivity contribution in [1.29, 1.82) is 0 Å². The number of aromatic nitrogens is 3. The smallest absolute Gasteiger partial charge is 0.416 e. The lowest BCUT2D eigenvalue weighted by molar-refractivity contribution is -0.137. The fourth-order valence-electron chi connectivity index (χ4n) is 5.01. The van der Waals surface area contributed by atoms with Crippen molar-refractivity contribution in [2.24, 2.45) is 5.92 Å². The van der Waals surface area contributed by atoms with E-state index >= 15 is 0 Å². The van der Waals surface area contributed by atoms with Gasteiger partial charge in [-0.3, -0.25) is 9.59 Å². The first-order valence-electron chi connectivity index (χ1n) is 13.0. The van der Waals surface area contributed by atoms with E-state index in [4.69, 9.17) is 9.47 Å². The van der Waals surface area contributed by atoms with E-state index in [1.165, 1.54) is 19.5 Å². The van der Waals surface area contributed by atoms with Crippen LogP contribution in [0.15, 0.2) is 24.5 Å². The second kappa shape index (κ2) is 11.0. The number of alkyl halides is 4. The minimum absolute atomic E-state index is 0.0404. The predicted octanol–water partition coefficient (Wildman–Crippen LogP) is 4.10. The van der Waals surface area contributed by atoms with Crippen LogP contribution in [0.2, 0.25) is 0 Å². The molecule has 3 atom stereocenters. The van der Waals surface area contributed by atoms with Gasteiger partial charge in [-0.15, -0.1) is 0 Å². The molecule has 2 aliphatic rings. The molecule has 3 unspecified atom stereocenters. The molecule has 3 N–H and O–H groups in total. The minimum atomic E-state index is -4.59. The summed E-state index contributed by atoms with van der Waals surface area (Å²) in [5.74, 6) is -0.366. The van der Waals surface area contributed by atoms with E-state index in [9.17, 15) is 27.2 Å². The minimum Gasteiger partial charge on any atom is -0.493 e. The maximum atomic E-state index is 14.8. The maximum Gasteiger partial charge on any atom is 0.416 e. The number of hydrogen-bond acceptors (Lipinski definition) is 6. The van der Waals surface area contributed by atoms with Crippen LogP contribution in [0.25, 0.3) is 22.3 Å². The number of aryl methyl sites for hydroxylation is 1. The molecule has 0 spiro atoms. The summed E-state index contributed by atoms with van der Waals surface area (Å²) in [4.78, 5) is 36.6. The molecular weight excluding hydrogens is 534 g/mol. The molecule has 13 heteroatoms. The van der Waals surface area contributed by atoms with Gasteiger partial charge in [-0.1, -0.05) is 0 Å². The monoisotopic (exact) mass is 563 g/mol. The Bertz CT molecular complexity index is 1420. The number of nitrogens with one attached hydrogen (secondary N) is 3. The molecule has 5 rings (SSSR count). The number of rotatable bonds is 9. The van der Waals surface area contributed by atoms with Gasteiger partial charge in [-0.05, 0) is 50.3 Å². The molecule has 3 aromatic rings. The first-order chi connectivity index (χ1) is 19.0. The van der Waals surface area contributed by atoms with Crippen LogP contribution >= 0.6 is 0 Å². The molecule has 2 amide bonds. The number of fused-ring (bicyclic) bond motifs is 1. The van der Waals surface area contributed by atoms with Crippen molar-refractivity contribution in [3.63, 3.8) is 0 Å². The van der Waals surface area contributed by atoms with Crippen LogP contribution in [0, 0.1) is 12.8 Å². The highest BCUT2D eigenvalue weighted by molar-refractivity contribution is 6.09. The van der Waals surface area contributed by atoms with Crippen molar-refractivity contribution >= 4 is 22.8 Å². The van der Waals surface area contributed by atoms with Gasteiger partial charge < -0.3 is 25.1 Å². The molecule has 0 radical (unpaired) electrons. The molecule has 0 bridgehead atoms. The van der Waals surface area contributed by atoms with E-state index in [0.29, 0.717) is 18.2 Å². The summed E-state index contributed by atoms with van der Waals surface area (Å²) in [6.45, 7) is 1.84. The summed E-state index contributed by atoms with van der Waals surface area (Å²) < 4.78 is 66.2. The van der Waals surface area contributed by atoms with Gasteiger partial charge in [-0.25, -0.2) is 14.4 Å². The van der Waals surface area contributed by atoms with Crippen LogP contribution in [0.5, 0.6) is 5.75 Å². The lowest BCUT2D eigenvalue weighted by atomic mass is 10.0. The fourth-order valence-corrected chi connectivity index (χ4v) is 5.01. The molecular formula is C27H29F4N5O4. The highest BCUT2D eigenvalue weighted by Gasteiger charge is 2.37. The van der Waals surface area contributed by atoms with Crippen LogP contribution in [0.1, 0.15) is 47.3 Å². The number of ether oxygens (including phenoxy) is 2. The largest absolute Gasteiger partial charge is 0.493 e. The number of methoxy groups -OCH3 is 1. The Morgan fingerprint density at radius 2 is 1.93 bits per heavy atom. The number of aromatic amines is 1. The molecule has 0 saturated heterocycles. The Morgan fingerprint density at radius 1 is 1.15 bits per heavy atom. The van der Waals surface area contributed by atoms with Gasteiger partial charge in [-0.2, -0.15) is 13.2 Å². The highest BCUT2D eigenvalue weighted by atomic mass is 19.4. The summed E-state index contributed by atoms with van der Waals surface area (Å²) in [6.07, 6.45) is -2.57. The SMILES string of the molecule is COCC(=O)NC1CC(F)C(NC(=O)c2c(C)[nH]c3c(-c4cc(C(F)(F)F)ccc4OCC4CC4)ncnc23)C1. The van der Waals surface area contributed by atoms with Gasteiger partial charge in [0.05, 0.1) is 29.3 Å². The van der Waals surface area contributed by atoms with E-state index in [2.05, 4.69) is 25.6 Å². The molecule has 2 aromatic heterocycles. The topological polar surface area (TPSA) is 118 Å². The van der Waals surface area contributed by atoms with E-state index in [0.717, 1.165) is 25.0 Å². The number of benzene rings is 1. The number of amides is 2. The van der Waals surface area contributed by atoms with Gasteiger partial charge in [0.1, 0.15) is 36.1 Å². The molecule has 2 fully saturated rings. The lowest BCUT2D eigenvalue weighted by Gasteiger charge is -2.16. The van der Waals surface area contributed by atoms with Crippen molar-refractivity contribution in [2.75, 3.05) is 20.3 Å². The normalized spacial score (nSPS) is 21.0. The van der Waals surface area contributed by atoms with E-state index in [1.807, 2.05) is 0 Å². The van der Waals surface area contributed by atoms with Crippen LogP contribution in [0.3, 0.4) is 0 Å². The highest BCUT2D eigenvalue weighted by Crippen LogP contribution is 2.40. The van der Waals surface area contributed by atoms with Crippen molar-refractivity contribution in [1.82, 2.24) is 25.6 Å². The van der Waals surface area contributed by atoms with Crippen LogP contribution in [-0.2, 0) is 15.7 Å². The number of nitrogens with zero attached hydrogens (tertiary/aromatic N) is 2. The molecule has 2 heterocycles. The van der Waals surface area contributed by atoms with Crippen LogP contribution in [0.4, 0.5) is 17.6 Å². The van der Waals surface area contributed by atoms with Gasteiger partial charge >= 0.3 is 6.18 Å². The number of carbonyl (C=O) groups is 2. The van der Waals surface area contributed by atoms with Crippen LogP contribution < -0.4 is 15.4 Å². The molecule has 2 saturated carbocycles. The van der Waals surface area contributed by atoms with Gasteiger partial charge in [0.2, 0.25) is 5.91 Å². The third kappa shape index (κ3) is 5.88. The van der Waals surface area contributed by atoms with Gasteiger partial charge in [0.25, 0.3) is 5.91 Å². The second-order valence-electron chi connectivity index (χ2n) is 10.3. The molecule has 2 aliphatic carbocycles. The molecule has 9 nitrogen and oxygen atoms in total. The van der Waals surface area contributed by atoms with Gasteiger partial charge in [0, 0.05) is 30.8 Å². The summed E-state index contributed by atoms with van der Waals surface area (Å²) in [5.41, 5.74) is 0.360. The Hall–Kier alpha value is -3.74. The zero-order valence-electron chi connectivity index (χ0n) is 21.9. The van der Waals surface area contributed by atoms with Crippen molar-refractivity contribution in [3.8, 4) is 17.0 Å². The third-order valence-corrected chi connectivity index (χ3v) is 7.17. The summed E-state index contributed by atoms with van der Waals surface area (Å²) in [5, 5.41) is 5.37. The zero-order chi connectivity index (χ0) is 28.6. The van der Waals surface area contributed by atoms with E-state index in [1.54, 1.807) is 6.92 Å². The molecule has 1 aromatic carbocycles. The standard InChI is InChI=1S/C27H29F4N5O4/c1-13-22(26(38)36-19-9-16(8-18(19)28)35-21(37)11-39-2)24-25(34-13)23(32-12-33-24)17-7-15(27(29,30)31)5-6-20(17)40-10-14-3-4-14/h5-7,12,14,16,18-19,34H,3-4,8-11H2,1-2H3,(H,35,37)(H,36,38). The molecule has 40 heavy (non-hydrogen) atoms. The number of hydrogen-bond donors (Lipinski definition) is 3. The summed E-state index contributed by atoms with van der Waals surface area (Å²) in [7, 11) is 1.38. The molecule has 214 valence electrons. The number of H-pyrrole nitrogens is 1. The Labute approximate surface area is 227 Å². The quantitative estimate of drug-likeness (QED) is 0.338. The Morgan fingerprint density at radius 3 is 2.62 bits per heavy atom. The van der Waals surface area contributed by atoms with Crippen molar-refractivity contribution in [2.45, 2.75) is 57.0 Å². The molecule has 0 aliphatic heterocycles. The third-order valence-electron chi connectivity index (χ3n) is 7.17. The number of carbonyl (C=O) groups excluding carboxylic acids is 2. The first-order valence-corrected chi connectivity index (χ1v) is 13.0. The first kappa shape index (κ1) is 27.8. The zero-order valence-corrected chi connectivity index (χ0v) is 21.9. The average molecular weight is 564 g/mol. The van der Waals surface area contributed by atoms with Gasteiger partial charge in [0.15, 0.2) is 0 Å².